The predicted octanol–water partition coefficient (Wildman–Crippen LogP) is 4.43. The lowest BCUT2D eigenvalue weighted by Crippen LogP contribution is -2.29. The molecule has 0 unspecified atom stereocenters. The average Bonchev–Trinajstić information content (AvgIpc) is 3.10. The van der Waals surface area contributed by atoms with Crippen LogP contribution in [-0.2, 0) is 23.9 Å². The molecule has 0 radical (unpaired) electrons. The Morgan fingerprint density at radius 3 is 2.59 bits per heavy atom. The molecule has 0 saturated carbocycles. The van der Waals surface area contributed by atoms with Gasteiger partial charge in [-0.1, -0.05) is 24.3 Å². The summed E-state index contributed by atoms with van der Waals surface area (Å²) in [5.41, 5.74) is 0.624. The molecule has 0 atom stereocenters. The van der Waals surface area contributed by atoms with Gasteiger partial charge in [0.05, 0.1) is 23.4 Å². The van der Waals surface area contributed by atoms with Gasteiger partial charge in [0, 0.05) is 25.2 Å². The smallest absolute Gasteiger partial charge is 0.341 e. The first-order valence-corrected chi connectivity index (χ1v) is 8.97. The van der Waals surface area contributed by atoms with Crippen LogP contribution in [0.2, 0.25) is 0 Å². The number of halogens is 3. The van der Waals surface area contributed by atoms with E-state index in [2.05, 4.69) is 9.97 Å². The van der Waals surface area contributed by atoms with Crippen molar-refractivity contribution in [3.63, 3.8) is 0 Å². The molecule has 0 fully saturated rings. The highest BCUT2D eigenvalue weighted by molar-refractivity contribution is 7.13. The Kier molecular flexibility index (Phi) is 5.55. The van der Waals surface area contributed by atoms with E-state index in [1.165, 1.54) is 41.5 Å². The first-order chi connectivity index (χ1) is 12.8. The van der Waals surface area contributed by atoms with Crippen LogP contribution < -0.4 is 0 Å². The molecule has 0 aliphatic heterocycles. The number of carbonyl (C=O) groups excluding carboxylic acids is 1. The zero-order valence-electron chi connectivity index (χ0n) is 14.4. The zero-order chi connectivity index (χ0) is 19.4. The minimum Gasteiger partial charge on any atom is -0.341 e. The summed E-state index contributed by atoms with van der Waals surface area (Å²) in [6.45, 7) is -0.119. The van der Waals surface area contributed by atoms with E-state index in [0.29, 0.717) is 16.4 Å². The van der Waals surface area contributed by atoms with Crippen LogP contribution in [0.25, 0.3) is 10.7 Å². The molecule has 3 rings (SSSR count). The van der Waals surface area contributed by atoms with Gasteiger partial charge in [-0.15, -0.1) is 11.3 Å². The molecule has 1 amide bonds. The Balaban J connectivity index is 1.68. The van der Waals surface area contributed by atoms with E-state index < -0.39 is 11.7 Å². The number of aromatic nitrogens is 2. The lowest BCUT2D eigenvalue weighted by molar-refractivity contribution is -0.139. The average molecular weight is 391 g/mol. The van der Waals surface area contributed by atoms with Crippen LogP contribution in [0.4, 0.5) is 13.2 Å². The van der Waals surface area contributed by atoms with Gasteiger partial charge < -0.3 is 4.90 Å². The fraction of sp³-hybridized carbons (Fsp3) is 0.211. The van der Waals surface area contributed by atoms with Gasteiger partial charge in [-0.2, -0.15) is 13.2 Å². The number of thiazole rings is 1. The highest BCUT2D eigenvalue weighted by atomic mass is 32.1. The molecule has 2 aromatic heterocycles. The van der Waals surface area contributed by atoms with Gasteiger partial charge in [-0.25, -0.2) is 4.98 Å². The predicted molar refractivity (Wildman–Crippen MR) is 97.0 cm³/mol. The number of carbonyl (C=O) groups is 1. The number of likely N-dealkylation sites (N-methyl/N-ethyl adjacent to an activating group) is 1. The molecule has 27 heavy (non-hydrogen) atoms. The third kappa shape index (κ3) is 4.71. The van der Waals surface area contributed by atoms with Gasteiger partial charge >= 0.3 is 6.18 Å². The van der Waals surface area contributed by atoms with Crippen molar-refractivity contribution < 1.29 is 18.0 Å². The number of pyridine rings is 1. The van der Waals surface area contributed by atoms with Crippen LogP contribution in [0.1, 0.15) is 16.8 Å². The van der Waals surface area contributed by atoms with Gasteiger partial charge in [-0.3, -0.25) is 9.78 Å². The quantitative estimate of drug-likeness (QED) is 0.647. The Morgan fingerprint density at radius 1 is 1.15 bits per heavy atom. The molecule has 0 bridgehead atoms. The van der Waals surface area contributed by atoms with Crippen LogP contribution in [0.3, 0.4) is 0 Å². The lowest BCUT2D eigenvalue weighted by atomic mass is 10.1. The minimum atomic E-state index is -4.45. The molecule has 4 nitrogen and oxygen atoms in total. The third-order valence-corrected chi connectivity index (χ3v) is 4.84. The number of amides is 1. The first-order valence-electron chi connectivity index (χ1n) is 8.09. The van der Waals surface area contributed by atoms with Crippen LogP contribution in [-0.4, -0.2) is 27.8 Å². The van der Waals surface area contributed by atoms with E-state index >= 15 is 0 Å². The number of hydrogen-bond acceptors (Lipinski definition) is 4. The van der Waals surface area contributed by atoms with E-state index in [1.54, 1.807) is 17.6 Å². The Bertz CT molecular complexity index is 925. The second-order valence-corrected chi connectivity index (χ2v) is 6.80. The number of benzene rings is 1. The molecule has 3 aromatic rings. The van der Waals surface area contributed by atoms with Gasteiger partial charge in [0.1, 0.15) is 5.01 Å². The highest BCUT2D eigenvalue weighted by Gasteiger charge is 2.33. The Hall–Kier alpha value is -2.74. The number of rotatable bonds is 5. The first kappa shape index (κ1) is 19.0. The van der Waals surface area contributed by atoms with Gasteiger partial charge in [0.15, 0.2) is 0 Å². The van der Waals surface area contributed by atoms with E-state index in [1.807, 2.05) is 12.1 Å². The summed E-state index contributed by atoms with van der Waals surface area (Å²) in [7, 11) is 1.49. The van der Waals surface area contributed by atoms with Crippen molar-refractivity contribution in [3.05, 3.63) is 70.9 Å². The molecular formula is C19H16F3N3OS. The molecular weight excluding hydrogens is 375 g/mol. The summed E-state index contributed by atoms with van der Waals surface area (Å²) in [5, 5.41) is 2.46. The maximum atomic E-state index is 13.1. The van der Waals surface area contributed by atoms with Crippen molar-refractivity contribution in [1.82, 2.24) is 14.9 Å². The maximum absolute atomic E-state index is 13.1. The second kappa shape index (κ2) is 7.87. The van der Waals surface area contributed by atoms with Gasteiger partial charge in [0.2, 0.25) is 5.91 Å². The fourth-order valence-electron chi connectivity index (χ4n) is 2.56. The summed E-state index contributed by atoms with van der Waals surface area (Å²) in [6.07, 6.45) is -2.77. The number of hydrogen-bond donors (Lipinski definition) is 0. The second-order valence-electron chi connectivity index (χ2n) is 5.94. The SMILES string of the molecule is CN(Cc1ccccc1C(F)(F)F)C(=O)Cc1csc(-c2ccccn2)n1. The van der Waals surface area contributed by atoms with E-state index in [0.717, 1.165) is 6.07 Å². The summed E-state index contributed by atoms with van der Waals surface area (Å²) < 4.78 is 39.3. The van der Waals surface area contributed by atoms with E-state index in [-0.39, 0.29) is 24.4 Å². The lowest BCUT2D eigenvalue weighted by Gasteiger charge is -2.20. The monoisotopic (exact) mass is 391 g/mol. The molecule has 0 saturated heterocycles. The zero-order valence-corrected chi connectivity index (χ0v) is 15.2. The number of nitrogens with zero attached hydrogens (tertiary/aromatic N) is 3. The normalized spacial score (nSPS) is 11.4. The Labute approximate surface area is 158 Å². The molecule has 1 aromatic carbocycles. The summed E-state index contributed by atoms with van der Waals surface area (Å²) in [4.78, 5) is 22.3. The van der Waals surface area contributed by atoms with E-state index in [9.17, 15) is 18.0 Å². The van der Waals surface area contributed by atoms with Crippen molar-refractivity contribution in [2.75, 3.05) is 7.05 Å². The van der Waals surface area contributed by atoms with E-state index in [4.69, 9.17) is 0 Å². The molecule has 140 valence electrons. The molecule has 8 heteroatoms. The molecule has 0 aliphatic rings. The van der Waals surface area contributed by atoms with Gasteiger partial charge in [-0.05, 0) is 23.8 Å². The minimum absolute atomic E-state index is 0.0218. The van der Waals surface area contributed by atoms with Gasteiger partial charge in [0.25, 0.3) is 0 Å². The maximum Gasteiger partial charge on any atom is 0.416 e. The van der Waals surface area contributed by atoms with Crippen molar-refractivity contribution >= 4 is 17.2 Å². The third-order valence-electron chi connectivity index (χ3n) is 3.92. The topological polar surface area (TPSA) is 46.1 Å². The van der Waals surface area contributed by atoms with Crippen LogP contribution in [0.15, 0.2) is 54.0 Å². The van der Waals surface area contributed by atoms with Crippen molar-refractivity contribution in [3.8, 4) is 10.7 Å². The molecule has 0 spiro atoms. The number of alkyl halides is 3. The van der Waals surface area contributed by atoms with Crippen molar-refractivity contribution in [2.24, 2.45) is 0 Å². The highest BCUT2D eigenvalue weighted by Crippen LogP contribution is 2.32. The van der Waals surface area contributed by atoms with Crippen molar-refractivity contribution in [2.45, 2.75) is 19.1 Å². The largest absolute Gasteiger partial charge is 0.416 e. The van der Waals surface area contributed by atoms with Crippen LogP contribution in [0, 0.1) is 0 Å². The molecule has 2 heterocycles. The molecule has 0 aliphatic carbocycles. The fourth-order valence-corrected chi connectivity index (χ4v) is 3.36. The summed E-state index contributed by atoms with van der Waals surface area (Å²) in [6, 6.07) is 10.7. The Morgan fingerprint density at radius 2 is 1.89 bits per heavy atom. The molecule has 0 N–H and O–H groups in total. The van der Waals surface area contributed by atoms with Crippen LogP contribution in [0.5, 0.6) is 0 Å². The van der Waals surface area contributed by atoms with Crippen molar-refractivity contribution in [1.29, 1.82) is 0 Å². The standard InChI is InChI=1S/C19H16F3N3OS/c1-25(11-13-6-2-3-7-15(13)19(20,21)22)17(26)10-14-12-27-18(24-14)16-8-4-5-9-23-16/h2-9,12H,10-11H2,1H3. The van der Waals surface area contributed by atoms with Crippen LogP contribution >= 0.6 is 11.3 Å². The summed E-state index contributed by atoms with van der Waals surface area (Å²) in [5.74, 6) is -0.301. The summed E-state index contributed by atoms with van der Waals surface area (Å²) >= 11 is 1.37.